The van der Waals surface area contributed by atoms with Crippen molar-refractivity contribution in [1.29, 1.82) is 0 Å². The molecule has 0 aliphatic heterocycles. The molecule has 0 saturated heterocycles. The quantitative estimate of drug-likeness (QED) is 0.605. The molecule has 5 nitrogen and oxygen atoms in total. The summed E-state index contributed by atoms with van der Waals surface area (Å²) < 4.78 is 4.73. The van der Waals surface area contributed by atoms with Crippen LogP contribution < -0.4 is 11.1 Å². The van der Waals surface area contributed by atoms with E-state index >= 15 is 0 Å². The summed E-state index contributed by atoms with van der Waals surface area (Å²) in [5, 5.41) is 3.29. The number of hydrogen-bond donors (Lipinski definition) is 2. The predicted molar refractivity (Wildman–Crippen MR) is 78.6 cm³/mol. The number of methoxy groups -OCH3 is 1. The van der Waals surface area contributed by atoms with Crippen LogP contribution in [0.15, 0.2) is 12.1 Å². The smallest absolute Gasteiger partial charge is 0.340 e. The van der Waals surface area contributed by atoms with Crippen molar-refractivity contribution in [3.8, 4) is 0 Å². The van der Waals surface area contributed by atoms with Crippen LogP contribution >= 0.6 is 0 Å². The van der Waals surface area contributed by atoms with Gasteiger partial charge in [0.2, 0.25) is 0 Å². The molecule has 0 amide bonds. The first-order chi connectivity index (χ1) is 8.99. The van der Waals surface area contributed by atoms with E-state index in [1.54, 1.807) is 6.07 Å². The number of anilines is 2. The second-order valence-corrected chi connectivity index (χ2v) is 4.57. The molecule has 0 unspecified atom stereocenters. The molecule has 0 aliphatic rings. The SMILES string of the molecule is CCN(C)CCNc1cc(C)c(N)c(C(=O)OC)c1. The van der Waals surface area contributed by atoms with E-state index in [-0.39, 0.29) is 0 Å². The molecule has 0 fully saturated rings. The number of hydrogen-bond acceptors (Lipinski definition) is 5. The Morgan fingerprint density at radius 1 is 1.47 bits per heavy atom. The van der Waals surface area contributed by atoms with E-state index in [4.69, 9.17) is 10.5 Å². The molecular weight excluding hydrogens is 242 g/mol. The molecule has 0 heterocycles. The van der Waals surface area contributed by atoms with E-state index in [1.165, 1.54) is 7.11 Å². The van der Waals surface area contributed by atoms with Gasteiger partial charge in [-0.3, -0.25) is 0 Å². The molecule has 19 heavy (non-hydrogen) atoms. The Kier molecular flexibility index (Phi) is 5.63. The average Bonchev–Trinajstić information content (AvgIpc) is 2.41. The minimum atomic E-state index is -0.407. The van der Waals surface area contributed by atoms with Gasteiger partial charge in [-0.05, 0) is 38.2 Å². The Hall–Kier alpha value is -1.75. The van der Waals surface area contributed by atoms with Crippen LogP contribution in [0.1, 0.15) is 22.8 Å². The van der Waals surface area contributed by atoms with Crippen molar-refractivity contribution in [2.24, 2.45) is 0 Å². The van der Waals surface area contributed by atoms with Crippen molar-refractivity contribution in [2.75, 3.05) is 44.8 Å². The van der Waals surface area contributed by atoms with Crippen molar-refractivity contribution in [1.82, 2.24) is 4.90 Å². The highest BCUT2D eigenvalue weighted by molar-refractivity contribution is 5.97. The monoisotopic (exact) mass is 265 g/mol. The normalized spacial score (nSPS) is 10.6. The summed E-state index contributed by atoms with van der Waals surface area (Å²) in [6, 6.07) is 3.67. The maximum absolute atomic E-state index is 11.6. The molecule has 0 aromatic heterocycles. The first-order valence-corrected chi connectivity index (χ1v) is 6.40. The number of rotatable bonds is 6. The molecule has 3 N–H and O–H groups in total. The molecule has 5 heteroatoms. The molecule has 0 saturated carbocycles. The zero-order valence-electron chi connectivity index (χ0n) is 12.1. The van der Waals surface area contributed by atoms with Gasteiger partial charge < -0.3 is 20.7 Å². The van der Waals surface area contributed by atoms with Gasteiger partial charge in [-0.25, -0.2) is 4.79 Å². The Balaban J connectivity index is 2.80. The fourth-order valence-corrected chi connectivity index (χ4v) is 1.73. The van der Waals surface area contributed by atoms with Crippen LogP contribution in [-0.2, 0) is 4.74 Å². The first kappa shape index (κ1) is 15.3. The van der Waals surface area contributed by atoms with Crippen LogP contribution in [0.5, 0.6) is 0 Å². The van der Waals surface area contributed by atoms with Gasteiger partial charge in [0.25, 0.3) is 0 Å². The van der Waals surface area contributed by atoms with Gasteiger partial charge in [-0.2, -0.15) is 0 Å². The second-order valence-electron chi connectivity index (χ2n) is 4.57. The topological polar surface area (TPSA) is 67.6 Å². The van der Waals surface area contributed by atoms with Gasteiger partial charge in [-0.1, -0.05) is 6.92 Å². The summed E-state index contributed by atoms with van der Waals surface area (Å²) in [5.74, 6) is -0.407. The molecule has 0 atom stereocenters. The lowest BCUT2D eigenvalue weighted by atomic mass is 10.1. The molecule has 0 spiro atoms. The molecule has 0 bridgehead atoms. The first-order valence-electron chi connectivity index (χ1n) is 6.40. The number of aryl methyl sites for hydroxylation is 1. The Morgan fingerprint density at radius 2 is 2.16 bits per heavy atom. The fraction of sp³-hybridized carbons (Fsp3) is 0.500. The van der Waals surface area contributed by atoms with Crippen molar-refractivity contribution in [3.05, 3.63) is 23.3 Å². The number of ether oxygens (including phenoxy) is 1. The van der Waals surface area contributed by atoms with E-state index in [1.807, 2.05) is 13.0 Å². The van der Waals surface area contributed by atoms with Crippen molar-refractivity contribution in [2.45, 2.75) is 13.8 Å². The predicted octanol–water partition coefficient (Wildman–Crippen LogP) is 1.73. The number of benzene rings is 1. The molecule has 1 aromatic rings. The van der Waals surface area contributed by atoms with Gasteiger partial charge in [0.15, 0.2) is 0 Å². The van der Waals surface area contributed by atoms with Crippen molar-refractivity contribution >= 4 is 17.3 Å². The van der Waals surface area contributed by atoms with Crippen molar-refractivity contribution in [3.63, 3.8) is 0 Å². The Bertz CT molecular complexity index is 447. The Labute approximate surface area is 114 Å². The van der Waals surface area contributed by atoms with Crippen LogP contribution in [0.2, 0.25) is 0 Å². The van der Waals surface area contributed by atoms with Gasteiger partial charge in [0.05, 0.1) is 12.7 Å². The third kappa shape index (κ3) is 4.13. The molecule has 106 valence electrons. The summed E-state index contributed by atoms with van der Waals surface area (Å²) in [5.41, 5.74) is 8.53. The minimum absolute atomic E-state index is 0.407. The summed E-state index contributed by atoms with van der Waals surface area (Å²) >= 11 is 0. The summed E-state index contributed by atoms with van der Waals surface area (Å²) in [7, 11) is 3.42. The van der Waals surface area contributed by atoms with Crippen LogP contribution in [-0.4, -0.2) is 44.7 Å². The zero-order chi connectivity index (χ0) is 14.4. The van der Waals surface area contributed by atoms with E-state index in [0.717, 1.165) is 30.9 Å². The lowest BCUT2D eigenvalue weighted by molar-refractivity contribution is 0.0602. The number of esters is 1. The van der Waals surface area contributed by atoms with Gasteiger partial charge in [0, 0.05) is 24.5 Å². The standard InChI is InChI=1S/C14H23N3O2/c1-5-17(3)7-6-16-11-8-10(2)13(15)12(9-11)14(18)19-4/h8-9,16H,5-7,15H2,1-4H3. The minimum Gasteiger partial charge on any atom is -0.465 e. The number of nitrogens with two attached hydrogens (primary N) is 1. The van der Waals surface area contributed by atoms with Gasteiger partial charge in [0.1, 0.15) is 0 Å². The fourth-order valence-electron chi connectivity index (χ4n) is 1.73. The second kappa shape index (κ2) is 6.99. The largest absolute Gasteiger partial charge is 0.465 e. The maximum Gasteiger partial charge on any atom is 0.340 e. The number of nitrogens with zero attached hydrogens (tertiary/aromatic N) is 1. The summed E-state index contributed by atoms with van der Waals surface area (Å²) in [6.45, 7) is 6.76. The molecule has 1 rings (SSSR count). The molecule has 0 radical (unpaired) electrons. The summed E-state index contributed by atoms with van der Waals surface area (Å²) in [6.07, 6.45) is 0. The summed E-state index contributed by atoms with van der Waals surface area (Å²) in [4.78, 5) is 13.8. The number of likely N-dealkylation sites (N-methyl/N-ethyl adjacent to an activating group) is 1. The van der Waals surface area contributed by atoms with Crippen LogP contribution in [0.4, 0.5) is 11.4 Å². The van der Waals surface area contributed by atoms with Crippen LogP contribution in [0.25, 0.3) is 0 Å². The number of carbonyl (C=O) groups is 1. The maximum atomic E-state index is 11.6. The highest BCUT2D eigenvalue weighted by Gasteiger charge is 2.13. The van der Waals surface area contributed by atoms with E-state index in [2.05, 4.69) is 24.2 Å². The number of carbonyl (C=O) groups excluding carboxylic acids is 1. The number of nitrogen functional groups attached to an aromatic ring is 1. The average molecular weight is 265 g/mol. The van der Waals surface area contributed by atoms with Gasteiger partial charge in [-0.15, -0.1) is 0 Å². The van der Waals surface area contributed by atoms with E-state index in [0.29, 0.717) is 11.3 Å². The highest BCUT2D eigenvalue weighted by atomic mass is 16.5. The van der Waals surface area contributed by atoms with E-state index in [9.17, 15) is 4.79 Å². The van der Waals surface area contributed by atoms with Gasteiger partial charge >= 0.3 is 5.97 Å². The number of nitrogens with one attached hydrogen (secondary N) is 1. The highest BCUT2D eigenvalue weighted by Crippen LogP contribution is 2.23. The zero-order valence-corrected chi connectivity index (χ0v) is 12.1. The van der Waals surface area contributed by atoms with Crippen molar-refractivity contribution < 1.29 is 9.53 Å². The third-order valence-electron chi connectivity index (χ3n) is 3.15. The van der Waals surface area contributed by atoms with Crippen LogP contribution in [0, 0.1) is 6.92 Å². The third-order valence-corrected chi connectivity index (χ3v) is 3.15. The Morgan fingerprint density at radius 3 is 2.74 bits per heavy atom. The molecular formula is C14H23N3O2. The molecule has 1 aromatic carbocycles. The lowest BCUT2D eigenvalue weighted by Crippen LogP contribution is -2.24. The molecule has 0 aliphatic carbocycles. The van der Waals surface area contributed by atoms with Crippen LogP contribution in [0.3, 0.4) is 0 Å². The van der Waals surface area contributed by atoms with E-state index < -0.39 is 5.97 Å². The lowest BCUT2D eigenvalue weighted by Gasteiger charge is -2.16.